The Morgan fingerprint density at radius 2 is 2.25 bits per heavy atom. The van der Waals surface area contributed by atoms with Crippen LogP contribution in [0.25, 0.3) is 0 Å². The summed E-state index contributed by atoms with van der Waals surface area (Å²) in [5, 5.41) is -0.457. The monoisotopic (exact) mass is 289 g/mol. The average Bonchev–Trinajstić information content (AvgIpc) is 2.73. The molecule has 0 saturated carbocycles. The fourth-order valence-electron chi connectivity index (χ4n) is 2.05. The van der Waals surface area contributed by atoms with Crippen LogP contribution in [0, 0.1) is 0 Å². The molecule has 4 heteroatoms. The van der Waals surface area contributed by atoms with Gasteiger partial charge in [0.15, 0.2) is 5.90 Å². The van der Waals surface area contributed by atoms with E-state index in [-0.39, 0.29) is 0 Å². The summed E-state index contributed by atoms with van der Waals surface area (Å²) in [6.45, 7) is 2.34. The predicted molar refractivity (Wildman–Crippen MR) is 81.1 cm³/mol. The normalized spacial score (nSPS) is 13.8. The molecule has 0 saturated heterocycles. The minimum absolute atomic E-state index is 0.304. The molecule has 0 aromatic heterocycles. The van der Waals surface area contributed by atoms with Crippen molar-refractivity contribution in [2.24, 2.45) is 4.99 Å². The Hall–Kier alpha value is -1.87. The van der Waals surface area contributed by atoms with E-state index in [2.05, 4.69) is 4.99 Å². The number of ether oxygens (including phenoxy) is 1. The Labute approximate surface area is 123 Å². The molecule has 20 heavy (non-hydrogen) atoms. The van der Waals surface area contributed by atoms with Crippen LogP contribution >= 0.6 is 11.6 Å². The van der Waals surface area contributed by atoms with Gasteiger partial charge < -0.3 is 4.74 Å². The molecule has 1 aromatic rings. The van der Waals surface area contributed by atoms with Gasteiger partial charge in [-0.05, 0) is 35.7 Å². The first-order valence-corrected chi connectivity index (χ1v) is 6.92. The summed E-state index contributed by atoms with van der Waals surface area (Å²) in [4.78, 5) is 15.7. The van der Waals surface area contributed by atoms with E-state index >= 15 is 0 Å². The third-order valence-corrected chi connectivity index (χ3v) is 3.30. The molecule has 2 rings (SSSR count). The highest BCUT2D eigenvalue weighted by molar-refractivity contribution is 6.67. The molecule has 0 fully saturated rings. The number of aryl methyl sites for hydroxylation is 1. The van der Waals surface area contributed by atoms with Crippen molar-refractivity contribution < 1.29 is 9.53 Å². The molecule has 0 amide bonds. The van der Waals surface area contributed by atoms with E-state index in [1.807, 2.05) is 37.3 Å². The molecule has 0 aliphatic carbocycles. The van der Waals surface area contributed by atoms with Gasteiger partial charge >= 0.3 is 0 Å². The highest BCUT2D eigenvalue weighted by atomic mass is 35.5. The van der Waals surface area contributed by atoms with Crippen molar-refractivity contribution in [3.63, 3.8) is 0 Å². The Bertz CT molecular complexity index is 588. The molecular weight excluding hydrogens is 274 g/mol. The van der Waals surface area contributed by atoms with Crippen LogP contribution in [0.4, 0.5) is 0 Å². The first-order valence-electron chi connectivity index (χ1n) is 6.54. The predicted octanol–water partition coefficient (Wildman–Crippen LogP) is 4.02. The summed E-state index contributed by atoms with van der Waals surface area (Å²) < 4.78 is 5.72. The van der Waals surface area contributed by atoms with Crippen LogP contribution in [-0.4, -0.2) is 11.1 Å². The third-order valence-electron chi connectivity index (χ3n) is 3.09. The van der Waals surface area contributed by atoms with Crippen LogP contribution in [0.1, 0.15) is 34.8 Å². The Morgan fingerprint density at radius 1 is 1.40 bits per heavy atom. The molecule has 104 valence electrons. The number of hydrogen-bond acceptors (Lipinski definition) is 3. The molecule has 0 radical (unpaired) electrons. The molecule has 1 aromatic carbocycles. The minimum atomic E-state index is -0.457. The maximum absolute atomic E-state index is 11.5. The number of carbonyl (C=O) groups excluding carboxylic acids is 1. The number of benzene rings is 1. The van der Waals surface area contributed by atoms with E-state index in [0.29, 0.717) is 24.5 Å². The molecule has 1 heterocycles. The van der Waals surface area contributed by atoms with Gasteiger partial charge in [-0.15, -0.1) is 0 Å². The summed E-state index contributed by atoms with van der Waals surface area (Å²) >= 11 is 5.64. The second kappa shape index (κ2) is 7.06. The average molecular weight is 290 g/mol. The summed E-state index contributed by atoms with van der Waals surface area (Å²) in [7, 11) is 0. The number of allylic oxidation sites excluding steroid dienone is 2. The SMILES string of the molecule is CCc1cccc(C(=O)Cl)c1COC1=NC=CC=CC1. The fourth-order valence-corrected chi connectivity index (χ4v) is 2.23. The van der Waals surface area contributed by atoms with Crippen LogP contribution in [0.2, 0.25) is 0 Å². The lowest BCUT2D eigenvalue weighted by atomic mass is 10.0. The lowest BCUT2D eigenvalue weighted by Gasteiger charge is -2.13. The van der Waals surface area contributed by atoms with Gasteiger partial charge in [-0.2, -0.15) is 0 Å². The van der Waals surface area contributed by atoms with Gasteiger partial charge in [-0.3, -0.25) is 4.79 Å². The lowest BCUT2D eigenvalue weighted by molar-refractivity contribution is 0.107. The van der Waals surface area contributed by atoms with E-state index in [1.165, 1.54) is 0 Å². The Balaban J connectivity index is 2.20. The van der Waals surface area contributed by atoms with Gasteiger partial charge in [-0.1, -0.05) is 31.2 Å². The number of nitrogens with zero attached hydrogens (tertiary/aromatic N) is 1. The van der Waals surface area contributed by atoms with Crippen LogP contribution < -0.4 is 0 Å². The number of aliphatic imine (C=N–C) groups is 1. The van der Waals surface area contributed by atoms with E-state index in [9.17, 15) is 4.79 Å². The van der Waals surface area contributed by atoms with Crippen molar-refractivity contribution >= 4 is 22.7 Å². The van der Waals surface area contributed by atoms with E-state index in [4.69, 9.17) is 16.3 Å². The molecule has 0 atom stereocenters. The highest BCUT2D eigenvalue weighted by Crippen LogP contribution is 2.19. The molecule has 3 nitrogen and oxygen atoms in total. The van der Waals surface area contributed by atoms with Crippen molar-refractivity contribution in [2.75, 3.05) is 0 Å². The number of halogens is 1. The maximum atomic E-state index is 11.5. The fraction of sp³-hybridized carbons (Fsp3) is 0.250. The van der Waals surface area contributed by atoms with Gasteiger partial charge in [0.2, 0.25) is 0 Å². The van der Waals surface area contributed by atoms with E-state index in [1.54, 1.807) is 12.3 Å². The van der Waals surface area contributed by atoms with E-state index in [0.717, 1.165) is 17.5 Å². The van der Waals surface area contributed by atoms with Gasteiger partial charge in [0.05, 0.1) is 0 Å². The zero-order chi connectivity index (χ0) is 14.4. The number of rotatable bonds is 4. The molecular formula is C16H16ClNO2. The van der Waals surface area contributed by atoms with Crippen molar-refractivity contribution in [3.8, 4) is 0 Å². The molecule has 1 aliphatic rings. The third kappa shape index (κ3) is 3.58. The van der Waals surface area contributed by atoms with Crippen molar-refractivity contribution in [2.45, 2.75) is 26.4 Å². The Kier molecular flexibility index (Phi) is 5.13. The van der Waals surface area contributed by atoms with Gasteiger partial charge in [0, 0.05) is 23.7 Å². The quantitative estimate of drug-likeness (QED) is 0.785. The second-order valence-corrected chi connectivity index (χ2v) is 4.70. The molecule has 1 aliphatic heterocycles. The van der Waals surface area contributed by atoms with Crippen LogP contribution in [0.3, 0.4) is 0 Å². The van der Waals surface area contributed by atoms with E-state index < -0.39 is 5.24 Å². The largest absolute Gasteiger partial charge is 0.476 e. The topological polar surface area (TPSA) is 38.7 Å². The van der Waals surface area contributed by atoms with Crippen LogP contribution in [-0.2, 0) is 17.8 Å². The summed E-state index contributed by atoms with van der Waals surface area (Å²) in [6, 6.07) is 5.55. The van der Waals surface area contributed by atoms with Crippen LogP contribution in [0.15, 0.2) is 47.6 Å². The Morgan fingerprint density at radius 3 is 3.00 bits per heavy atom. The lowest BCUT2D eigenvalue weighted by Crippen LogP contribution is -2.08. The minimum Gasteiger partial charge on any atom is -0.476 e. The zero-order valence-corrected chi connectivity index (χ0v) is 12.1. The molecule has 0 bridgehead atoms. The summed E-state index contributed by atoms with van der Waals surface area (Å²) in [5.74, 6) is 0.633. The second-order valence-electron chi connectivity index (χ2n) is 4.36. The summed E-state index contributed by atoms with van der Waals surface area (Å²) in [6.07, 6.45) is 8.91. The number of hydrogen-bond donors (Lipinski definition) is 0. The first kappa shape index (κ1) is 14.5. The van der Waals surface area contributed by atoms with Gasteiger partial charge in [0.1, 0.15) is 6.61 Å². The van der Waals surface area contributed by atoms with Gasteiger partial charge in [0.25, 0.3) is 5.24 Å². The van der Waals surface area contributed by atoms with Crippen molar-refractivity contribution in [1.29, 1.82) is 0 Å². The highest BCUT2D eigenvalue weighted by Gasteiger charge is 2.13. The summed E-state index contributed by atoms with van der Waals surface area (Å²) in [5.41, 5.74) is 2.41. The zero-order valence-electron chi connectivity index (χ0n) is 11.3. The number of carbonyl (C=O) groups is 1. The molecule has 0 spiro atoms. The standard InChI is InChI=1S/C16H16ClNO2/c1-2-12-7-6-8-13(16(17)19)14(12)11-20-15-9-4-3-5-10-18-15/h3-8,10H,2,9,11H2,1H3. The first-order chi connectivity index (χ1) is 9.72. The molecule has 0 N–H and O–H groups in total. The van der Waals surface area contributed by atoms with Gasteiger partial charge in [-0.25, -0.2) is 4.99 Å². The van der Waals surface area contributed by atoms with Crippen LogP contribution in [0.5, 0.6) is 0 Å². The molecule has 0 unspecified atom stereocenters. The van der Waals surface area contributed by atoms with Crippen molar-refractivity contribution in [1.82, 2.24) is 0 Å². The van der Waals surface area contributed by atoms with Crippen molar-refractivity contribution in [3.05, 3.63) is 59.3 Å². The maximum Gasteiger partial charge on any atom is 0.252 e. The smallest absolute Gasteiger partial charge is 0.252 e.